The monoisotopic (exact) mass is 275 g/mol. The highest BCUT2D eigenvalue weighted by Gasteiger charge is 2.50. The van der Waals surface area contributed by atoms with Crippen molar-refractivity contribution in [2.75, 3.05) is 19.6 Å². The molecule has 1 fully saturated rings. The number of nitrogens with zero attached hydrogens (tertiary/aromatic N) is 1. The van der Waals surface area contributed by atoms with Crippen LogP contribution in [0.15, 0.2) is 0 Å². The summed E-state index contributed by atoms with van der Waals surface area (Å²) in [6.45, 7) is 2.79. The quantitative estimate of drug-likeness (QED) is 0.459. The van der Waals surface area contributed by atoms with Gasteiger partial charge in [0.1, 0.15) is 6.10 Å². The largest absolute Gasteiger partial charge is 0.368 e. The minimum absolute atomic E-state index is 0.0702. The third kappa shape index (κ3) is 3.64. The Balaban J connectivity index is 2.89. The molecule has 6 N–H and O–H groups in total. The van der Waals surface area contributed by atoms with Crippen molar-refractivity contribution >= 4 is 5.91 Å². The Morgan fingerprint density at radius 2 is 2.11 bits per heavy atom. The van der Waals surface area contributed by atoms with E-state index in [2.05, 4.69) is 0 Å². The lowest BCUT2D eigenvalue weighted by Gasteiger charge is -2.46. The van der Waals surface area contributed by atoms with E-state index in [9.17, 15) is 15.0 Å². The average Bonchev–Trinajstić information content (AvgIpc) is 2.37. The van der Waals surface area contributed by atoms with Crippen molar-refractivity contribution in [1.29, 1.82) is 0 Å². The number of ether oxygens (including phenoxy) is 1. The van der Waals surface area contributed by atoms with Crippen molar-refractivity contribution < 1.29 is 19.7 Å². The molecule has 0 aromatic carbocycles. The first kappa shape index (κ1) is 16.3. The number of hydrogen-bond acceptors (Lipinski definition) is 6. The van der Waals surface area contributed by atoms with Crippen molar-refractivity contribution in [3.05, 3.63) is 0 Å². The van der Waals surface area contributed by atoms with Crippen LogP contribution in [0.4, 0.5) is 0 Å². The molecule has 1 aliphatic heterocycles. The van der Waals surface area contributed by atoms with Crippen molar-refractivity contribution in [2.24, 2.45) is 11.5 Å². The average molecular weight is 275 g/mol. The summed E-state index contributed by atoms with van der Waals surface area (Å²) in [6, 6.07) is 0. The molecule has 7 nitrogen and oxygen atoms in total. The number of nitrogens with two attached hydrogens (primary N) is 2. The summed E-state index contributed by atoms with van der Waals surface area (Å²) in [5.41, 5.74) is 10.9. The lowest BCUT2D eigenvalue weighted by Crippen LogP contribution is -2.65. The molecule has 112 valence electrons. The minimum Gasteiger partial charge on any atom is -0.368 e. The van der Waals surface area contributed by atoms with E-state index in [0.717, 1.165) is 6.42 Å². The van der Waals surface area contributed by atoms with E-state index >= 15 is 0 Å². The molecule has 7 heteroatoms. The van der Waals surface area contributed by atoms with Gasteiger partial charge in [0.2, 0.25) is 5.79 Å². The molecule has 0 aromatic heterocycles. The van der Waals surface area contributed by atoms with E-state index < -0.39 is 18.1 Å². The standard InChI is InChI=1S/C12H25N3O4/c1-2-4-9-10(16)15(8-3-6-13)11(17)12(18,19-9)5-7-14/h9,11,17-18H,2-8,13-14H2,1H3/t9-,11-,12+/m0/s1. The number of morpholine rings is 1. The van der Waals surface area contributed by atoms with Gasteiger partial charge < -0.3 is 31.3 Å². The second-order valence-electron chi connectivity index (χ2n) is 4.83. The maximum Gasteiger partial charge on any atom is 0.254 e. The van der Waals surface area contributed by atoms with Crippen LogP contribution in [0.5, 0.6) is 0 Å². The number of hydrogen-bond donors (Lipinski definition) is 4. The normalized spacial score (nSPS) is 31.8. The number of aliphatic hydroxyl groups excluding tert-OH is 1. The molecule has 1 amide bonds. The van der Waals surface area contributed by atoms with Crippen LogP contribution in [0.2, 0.25) is 0 Å². The summed E-state index contributed by atoms with van der Waals surface area (Å²) in [5.74, 6) is -2.10. The third-order valence-electron chi connectivity index (χ3n) is 3.26. The first-order chi connectivity index (χ1) is 9.00. The molecule has 1 saturated heterocycles. The number of carbonyl (C=O) groups is 1. The Labute approximate surface area is 113 Å². The lowest BCUT2D eigenvalue weighted by molar-refractivity contribution is -0.325. The van der Waals surface area contributed by atoms with Crippen molar-refractivity contribution in [3.63, 3.8) is 0 Å². The fourth-order valence-corrected chi connectivity index (χ4v) is 2.24. The molecule has 1 rings (SSSR count). The SMILES string of the molecule is CCC[C@@H]1O[C@](O)(CCN)[C@H](O)N(CCCN)C1=O. The number of amides is 1. The number of rotatable bonds is 7. The first-order valence-electron chi connectivity index (χ1n) is 6.79. The van der Waals surface area contributed by atoms with Crippen LogP contribution in [0.1, 0.15) is 32.6 Å². The van der Waals surface area contributed by atoms with E-state index in [1.54, 1.807) is 0 Å². The van der Waals surface area contributed by atoms with Crippen molar-refractivity contribution in [3.8, 4) is 0 Å². The molecular formula is C12H25N3O4. The van der Waals surface area contributed by atoms with Gasteiger partial charge in [-0.25, -0.2) is 0 Å². The highest BCUT2D eigenvalue weighted by Crippen LogP contribution is 2.30. The van der Waals surface area contributed by atoms with Crippen LogP contribution in [0.3, 0.4) is 0 Å². The van der Waals surface area contributed by atoms with Gasteiger partial charge in [0.05, 0.1) is 0 Å². The maximum atomic E-state index is 12.2. The molecule has 0 aromatic rings. The van der Waals surface area contributed by atoms with Gasteiger partial charge in [-0.2, -0.15) is 0 Å². The van der Waals surface area contributed by atoms with Gasteiger partial charge in [0.15, 0.2) is 6.23 Å². The smallest absolute Gasteiger partial charge is 0.254 e. The molecule has 19 heavy (non-hydrogen) atoms. The van der Waals surface area contributed by atoms with E-state index in [1.165, 1.54) is 4.90 Å². The third-order valence-corrected chi connectivity index (χ3v) is 3.26. The van der Waals surface area contributed by atoms with Gasteiger partial charge in [0, 0.05) is 13.0 Å². The molecule has 0 bridgehead atoms. The van der Waals surface area contributed by atoms with Crippen LogP contribution in [-0.2, 0) is 9.53 Å². The molecule has 0 spiro atoms. The fourth-order valence-electron chi connectivity index (χ4n) is 2.24. The highest BCUT2D eigenvalue weighted by molar-refractivity contribution is 5.82. The molecule has 3 atom stereocenters. The van der Waals surface area contributed by atoms with Gasteiger partial charge >= 0.3 is 0 Å². The Kier molecular flexibility index (Phi) is 6.15. The topological polar surface area (TPSA) is 122 Å². The van der Waals surface area contributed by atoms with E-state index in [1.807, 2.05) is 6.92 Å². The summed E-state index contributed by atoms with van der Waals surface area (Å²) in [4.78, 5) is 13.4. The van der Waals surface area contributed by atoms with Crippen LogP contribution in [0, 0.1) is 0 Å². The second-order valence-corrected chi connectivity index (χ2v) is 4.83. The number of carbonyl (C=O) groups excluding carboxylic acids is 1. The zero-order valence-electron chi connectivity index (χ0n) is 11.4. The van der Waals surface area contributed by atoms with E-state index in [4.69, 9.17) is 16.2 Å². The fraction of sp³-hybridized carbons (Fsp3) is 0.917. The van der Waals surface area contributed by atoms with Crippen molar-refractivity contribution in [1.82, 2.24) is 4.90 Å². The summed E-state index contributed by atoms with van der Waals surface area (Å²) in [5, 5.41) is 20.5. The highest BCUT2D eigenvalue weighted by atomic mass is 16.7. The molecule has 1 heterocycles. The zero-order valence-corrected chi connectivity index (χ0v) is 11.4. The van der Waals surface area contributed by atoms with Crippen LogP contribution in [0.25, 0.3) is 0 Å². The van der Waals surface area contributed by atoms with Gasteiger partial charge in [0.25, 0.3) is 5.91 Å². The molecule has 0 saturated carbocycles. The first-order valence-corrected chi connectivity index (χ1v) is 6.79. The molecular weight excluding hydrogens is 250 g/mol. The molecule has 0 unspecified atom stereocenters. The molecule has 1 aliphatic rings. The Bertz CT molecular complexity index is 303. The van der Waals surface area contributed by atoms with Crippen LogP contribution < -0.4 is 11.5 Å². The molecule has 0 radical (unpaired) electrons. The number of aliphatic hydroxyl groups is 2. The van der Waals surface area contributed by atoms with E-state index in [-0.39, 0.29) is 18.9 Å². The lowest BCUT2D eigenvalue weighted by atomic mass is 10.0. The van der Waals surface area contributed by atoms with Crippen LogP contribution in [-0.4, -0.2) is 58.8 Å². The predicted octanol–water partition coefficient (Wildman–Crippen LogP) is -1.28. The predicted molar refractivity (Wildman–Crippen MR) is 69.8 cm³/mol. The minimum atomic E-state index is -1.79. The van der Waals surface area contributed by atoms with Gasteiger partial charge in [-0.15, -0.1) is 0 Å². The zero-order chi connectivity index (χ0) is 14.5. The van der Waals surface area contributed by atoms with Gasteiger partial charge in [-0.05, 0) is 25.9 Å². The Morgan fingerprint density at radius 3 is 2.63 bits per heavy atom. The summed E-state index contributed by atoms with van der Waals surface area (Å²) < 4.78 is 5.39. The second kappa shape index (κ2) is 7.16. The molecule has 0 aliphatic carbocycles. The Morgan fingerprint density at radius 1 is 1.42 bits per heavy atom. The summed E-state index contributed by atoms with van der Waals surface area (Å²) in [6.07, 6.45) is -0.264. The van der Waals surface area contributed by atoms with Crippen molar-refractivity contribution in [2.45, 2.75) is 50.7 Å². The van der Waals surface area contributed by atoms with E-state index in [0.29, 0.717) is 25.9 Å². The maximum absolute atomic E-state index is 12.2. The van der Waals surface area contributed by atoms with Gasteiger partial charge in [-0.1, -0.05) is 13.3 Å². The van der Waals surface area contributed by atoms with Gasteiger partial charge in [-0.3, -0.25) is 4.79 Å². The summed E-state index contributed by atoms with van der Waals surface area (Å²) >= 11 is 0. The Hall–Kier alpha value is -0.730. The van der Waals surface area contributed by atoms with Crippen LogP contribution >= 0.6 is 0 Å². The summed E-state index contributed by atoms with van der Waals surface area (Å²) in [7, 11) is 0.